The Hall–Kier alpha value is -2.08. The van der Waals surface area contributed by atoms with Crippen LogP contribution in [0.25, 0.3) is 0 Å². The number of anilines is 1. The van der Waals surface area contributed by atoms with Gasteiger partial charge in [0.05, 0.1) is 23.8 Å². The first-order chi connectivity index (χ1) is 13.1. The minimum absolute atomic E-state index is 0.124. The third-order valence-corrected chi connectivity index (χ3v) is 4.84. The van der Waals surface area contributed by atoms with Crippen LogP contribution in [0.2, 0.25) is 0 Å². The second kappa shape index (κ2) is 9.41. The summed E-state index contributed by atoms with van der Waals surface area (Å²) in [5.41, 5.74) is 1.07. The number of ether oxygens (including phenoxy) is 1. The topological polar surface area (TPSA) is 76.8 Å². The van der Waals surface area contributed by atoms with Gasteiger partial charge in [-0.05, 0) is 75.0 Å². The van der Waals surface area contributed by atoms with Crippen LogP contribution < -0.4 is 10.2 Å². The van der Waals surface area contributed by atoms with Gasteiger partial charge in [0.2, 0.25) is 0 Å². The summed E-state index contributed by atoms with van der Waals surface area (Å²) in [5, 5.41) is 14.9. The smallest absolute Gasteiger partial charge is 0.416 e. The Bertz CT molecular complexity index is 949. The van der Waals surface area contributed by atoms with Gasteiger partial charge in [-0.1, -0.05) is 5.92 Å². The lowest BCUT2D eigenvalue weighted by Gasteiger charge is -2.09. The number of hydrazone groups is 1. The standard InChI is InChI=1S/C17H10F3I2N3O3/c1-2-5-28-16-12(21)6-10(7-13(16)22)9-23-24-14-4-3-11(17(18,19)20)8-15(14)25(26)27/h1,3-4,6-9,24H,5H2/b23-9-. The molecule has 0 aliphatic carbocycles. The van der Waals surface area contributed by atoms with E-state index in [4.69, 9.17) is 11.2 Å². The van der Waals surface area contributed by atoms with E-state index in [1.807, 2.05) is 0 Å². The van der Waals surface area contributed by atoms with Crippen LogP contribution in [0.4, 0.5) is 24.5 Å². The van der Waals surface area contributed by atoms with E-state index in [2.05, 4.69) is 61.6 Å². The van der Waals surface area contributed by atoms with E-state index < -0.39 is 22.4 Å². The van der Waals surface area contributed by atoms with Crippen molar-refractivity contribution in [3.05, 3.63) is 58.7 Å². The summed E-state index contributed by atoms with van der Waals surface area (Å²) in [5.74, 6) is 3.00. The Morgan fingerprint density at radius 1 is 1.29 bits per heavy atom. The van der Waals surface area contributed by atoms with Crippen LogP contribution in [0.5, 0.6) is 5.75 Å². The van der Waals surface area contributed by atoms with Crippen molar-refractivity contribution in [1.82, 2.24) is 0 Å². The number of nitro benzene ring substituents is 1. The molecule has 0 aliphatic rings. The zero-order chi connectivity index (χ0) is 20.9. The van der Waals surface area contributed by atoms with Gasteiger partial charge in [-0.15, -0.1) is 6.42 Å². The summed E-state index contributed by atoms with van der Waals surface area (Å²) >= 11 is 4.13. The van der Waals surface area contributed by atoms with Gasteiger partial charge in [0.15, 0.2) is 0 Å². The van der Waals surface area contributed by atoms with Crippen molar-refractivity contribution in [2.24, 2.45) is 5.10 Å². The van der Waals surface area contributed by atoms with Gasteiger partial charge in [-0.2, -0.15) is 18.3 Å². The predicted molar refractivity (Wildman–Crippen MR) is 116 cm³/mol. The average molecular weight is 615 g/mol. The normalized spacial score (nSPS) is 11.3. The fourth-order valence-electron chi connectivity index (χ4n) is 2.04. The maximum Gasteiger partial charge on any atom is 0.416 e. The van der Waals surface area contributed by atoms with Crippen molar-refractivity contribution < 1.29 is 22.8 Å². The van der Waals surface area contributed by atoms with Crippen LogP contribution in [0.1, 0.15) is 11.1 Å². The molecule has 0 aromatic heterocycles. The Morgan fingerprint density at radius 3 is 2.46 bits per heavy atom. The second-order valence-corrected chi connectivity index (χ2v) is 7.49. The fourth-order valence-corrected chi connectivity index (χ4v) is 4.16. The Kier molecular flexibility index (Phi) is 7.47. The molecule has 0 bridgehead atoms. The van der Waals surface area contributed by atoms with Gasteiger partial charge in [0.25, 0.3) is 5.69 Å². The molecule has 0 amide bonds. The molecule has 1 N–H and O–H groups in total. The molecule has 6 nitrogen and oxygen atoms in total. The summed E-state index contributed by atoms with van der Waals surface area (Å²) in [4.78, 5) is 10.2. The van der Waals surface area contributed by atoms with E-state index >= 15 is 0 Å². The number of alkyl halides is 3. The Balaban J connectivity index is 2.23. The molecular weight excluding hydrogens is 605 g/mol. The van der Waals surface area contributed by atoms with E-state index in [0.29, 0.717) is 17.4 Å². The molecule has 2 rings (SSSR count). The van der Waals surface area contributed by atoms with E-state index in [-0.39, 0.29) is 12.3 Å². The van der Waals surface area contributed by atoms with Crippen LogP contribution in [-0.2, 0) is 6.18 Å². The van der Waals surface area contributed by atoms with Crippen molar-refractivity contribution >= 4 is 62.8 Å². The molecule has 0 saturated carbocycles. The Morgan fingerprint density at radius 2 is 1.93 bits per heavy atom. The van der Waals surface area contributed by atoms with Gasteiger partial charge in [0.1, 0.15) is 18.0 Å². The SMILES string of the molecule is C#CCOc1c(I)cc(/C=N\Nc2ccc(C(F)(F)F)cc2[N+](=O)[O-])cc1I. The molecule has 0 spiro atoms. The first-order valence-corrected chi connectivity index (χ1v) is 9.49. The number of rotatable bonds is 6. The minimum Gasteiger partial charge on any atom is -0.479 e. The zero-order valence-electron chi connectivity index (χ0n) is 13.8. The number of terminal acetylenes is 1. The van der Waals surface area contributed by atoms with Gasteiger partial charge >= 0.3 is 6.18 Å². The van der Waals surface area contributed by atoms with Gasteiger partial charge in [-0.25, -0.2) is 0 Å². The lowest BCUT2D eigenvalue weighted by Crippen LogP contribution is -2.06. The Labute approximate surface area is 185 Å². The molecule has 0 saturated heterocycles. The predicted octanol–water partition coefficient (Wildman–Crippen LogP) is 5.28. The number of hydrogen-bond acceptors (Lipinski definition) is 5. The molecule has 0 aliphatic heterocycles. The van der Waals surface area contributed by atoms with Crippen LogP contribution in [0.3, 0.4) is 0 Å². The van der Waals surface area contributed by atoms with Crippen molar-refractivity contribution in [2.75, 3.05) is 12.0 Å². The molecule has 0 radical (unpaired) electrons. The summed E-state index contributed by atoms with van der Waals surface area (Å²) in [6.07, 6.45) is 1.88. The van der Waals surface area contributed by atoms with Gasteiger partial charge in [0, 0.05) is 6.07 Å². The van der Waals surface area contributed by atoms with Crippen molar-refractivity contribution in [3.63, 3.8) is 0 Å². The summed E-state index contributed by atoms with van der Waals surface area (Å²) in [6, 6.07) is 5.67. The highest BCUT2D eigenvalue weighted by molar-refractivity contribution is 14.1. The monoisotopic (exact) mass is 615 g/mol. The number of hydrogen-bond donors (Lipinski definition) is 1. The minimum atomic E-state index is -4.68. The largest absolute Gasteiger partial charge is 0.479 e. The van der Waals surface area contributed by atoms with Crippen molar-refractivity contribution in [1.29, 1.82) is 0 Å². The summed E-state index contributed by atoms with van der Waals surface area (Å²) in [6.45, 7) is 0.124. The first-order valence-electron chi connectivity index (χ1n) is 7.33. The van der Waals surface area contributed by atoms with Crippen molar-refractivity contribution in [3.8, 4) is 18.1 Å². The van der Waals surface area contributed by atoms with Crippen LogP contribution in [-0.4, -0.2) is 17.7 Å². The van der Waals surface area contributed by atoms with E-state index in [9.17, 15) is 23.3 Å². The van der Waals surface area contributed by atoms with Crippen LogP contribution in [0.15, 0.2) is 35.4 Å². The quantitative estimate of drug-likeness (QED) is 0.158. The van der Waals surface area contributed by atoms with Crippen molar-refractivity contribution in [2.45, 2.75) is 6.18 Å². The lowest BCUT2D eigenvalue weighted by molar-refractivity contribution is -0.384. The lowest BCUT2D eigenvalue weighted by atomic mass is 10.1. The maximum absolute atomic E-state index is 12.7. The number of halogens is 5. The van der Waals surface area contributed by atoms with Gasteiger partial charge in [-0.3, -0.25) is 15.5 Å². The molecule has 0 atom stereocenters. The third-order valence-electron chi connectivity index (χ3n) is 3.24. The number of nitro groups is 1. The molecular formula is C17H10F3I2N3O3. The van der Waals surface area contributed by atoms with Crippen LogP contribution >= 0.6 is 45.2 Å². The van der Waals surface area contributed by atoms with Crippen LogP contribution in [0, 0.1) is 29.6 Å². The molecule has 2 aromatic rings. The highest BCUT2D eigenvalue weighted by atomic mass is 127. The molecule has 2 aromatic carbocycles. The van der Waals surface area contributed by atoms with E-state index in [1.54, 1.807) is 12.1 Å². The first kappa shape index (κ1) is 22.2. The third kappa shape index (κ3) is 5.71. The molecule has 28 heavy (non-hydrogen) atoms. The summed E-state index contributed by atoms with van der Waals surface area (Å²) < 4.78 is 45.2. The maximum atomic E-state index is 12.7. The summed E-state index contributed by atoms with van der Waals surface area (Å²) in [7, 11) is 0. The number of nitrogens with one attached hydrogen (secondary N) is 1. The molecule has 0 fully saturated rings. The molecule has 146 valence electrons. The highest BCUT2D eigenvalue weighted by Crippen LogP contribution is 2.35. The molecule has 11 heteroatoms. The number of nitrogens with zero attached hydrogens (tertiary/aromatic N) is 2. The zero-order valence-corrected chi connectivity index (χ0v) is 18.1. The molecule has 0 heterocycles. The highest BCUT2D eigenvalue weighted by Gasteiger charge is 2.33. The van der Waals surface area contributed by atoms with E-state index in [0.717, 1.165) is 19.3 Å². The van der Waals surface area contributed by atoms with E-state index in [1.165, 1.54) is 6.21 Å². The van der Waals surface area contributed by atoms with Gasteiger partial charge < -0.3 is 4.74 Å². The average Bonchev–Trinajstić information content (AvgIpc) is 2.60. The number of benzene rings is 2. The fraction of sp³-hybridized carbons (Fsp3) is 0.118. The molecule has 0 unspecified atom stereocenters. The second-order valence-electron chi connectivity index (χ2n) is 5.16.